The first-order valence-electron chi connectivity index (χ1n) is 9.07. The lowest BCUT2D eigenvalue weighted by molar-refractivity contribution is -0.0789. The van der Waals surface area contributed by atoms with Crippen molar-refractivity contribution in [1.29, 1.82) is 0 Å². The number of aryl methyl sites for hydroxylation is 1. The largest absolute Gasteiger partial charge is 0.474 e. The first kappa shape index (κ1) is 17.0. The molecule has 2 aromatic heterocycles. The molecule has 0 spiro atoms. The highest BCUT2D eigenvalue weighted by Crippen LogP contribution is 2.43. The molecule has 7 heteroatoms. The number of imidazole rings is 1. The number of amides is 1. The third-order valence-corrected chi connectivity index (χ3v) is 5.63. The zero-order valence-electron chi connectivity index (χ0n) is 15.1. The van der Waals surface area contributed by atoms with Gasteiger partial charge in [0, 0.05) is 44.2 Å². The van der Waals surface area contributed by atoms with E-state index in [1.165, 1.54) is 0 Å². The molecule has 2 aromatic rings. The number of methoxy groups -OCH3 is 1. The van der Waals surface area contributed by atoms with Crippen LogP contribution in [0.2, 0.25) is 0 Å². The van der Waals surface area contributed by atoms with Crippen molar-refractivity contribution in [2.24, 2.45) is 0 Å². The summed E-state index contributed by atoms with van der Waals surface area (Å²) in [6.45, 7) is 2.57. The Morgan fingerprint density at radius 2 is 2.23 bits per heavy atom. The van der Waals surface area contributed by atoms with Crippen LogP contribution in [0.5, 0.6) is 5.88 Å². The van der Waals surface area contributed by atoms with Gasteiger partial charge in [-0.25, -0.2) is 9.97 Å². The third-order valence-electron chi connectivity index (χ3n) is 5.63. The molecule has 3 heterocycles. The Morgan fingerprint density at radius 3 is 2.92 bits per heavy atom. The van der Waals surface area contributed by atoms with E-state index in [9.17, 15) is 4.79 Å². The molecule has 1 aliphatic heterocycles. The van der Waals surface area contributed by atoms with Gasteiger partial charge < -0.3 is 19.4 Å². The van der Waals surface area contributed by atoms with Gasteiger partial charge in [-0.15, -0.1) is 0 Å². The summed E-state index contributed by atoms with van der Waals surface area (Å²) in [6.07, 6.45) is 6.76. The number of aromatic nitrogens is 3. The van der Waals surface area contributed by atoms with Crippen LogP contribution in [0.3, 0.4) is 0 Å². The first-order valence-corrected chi connectivity index (χ1v) is 9.07. The highest BCUT2D eigenvalue weighted by atomic mass is 16.5. The zero-order valence-corrected chi connectivity index (χ0v) is 15.1. The maximum Gasteiger partial charge on any atom is 0.289 e. The summed E-state index contributed by atoms with van der Waals surface area (Å²) in [7, 11) is 1.75. The Morgan fingerprint density at radius 1 is 1.35 bits per heavy atom. The fourth-order valence-electron chi connectivity index (χ4n) is 4.26. The molecule has 1 aliphatic carbocycles. The summed E-state index contributed by atoms with van der Waals surface area (Å²) < 4.78 is 12.0. The molecule has 0 aromatic carbocycles. The number of rotatable bonds is 4. The SMILES string of the molecule is CO[C@@]12CC[C@@H](Oc3ccccn3)C[C@@H]1N(C(=O)c1ncc(C)[nH]1)CC2. The molecule has 1 saturated carbocycles. The number of likely N-dealkylation sites (tertiary alicyclic amines) is 1. The maximum atomic E-state index is 13.0. The van der Waals surface area contributed by atoms with E-state index in [2.05, 4.69) is 15.0 Å². The maximum absolute atomic E-state index is 13.0. The lowest BCUT2D eigenvalue weighted by Gasteiger charge is -2.43. The van der Waals surface area contributed by atoms with Crippen molar-refractivity contribution >= 4 is 5.91 Å². The van der Waals surface area contributed by atoms with Crippen LogP contribution in [-0.2, 0) is 4.74 Å². The minimum absolute atomic E-state index is 0.0184. The number of aromatic amines is 1. The van der Waals surface area contributed by atoms with Crippen LogP contribution < -0.4 is 4.74 Å². The number of hydrogen-bond donors (Lipinski definition) is 1. The average Bonchev–Trinajstić information content (AvgIpc) is 3.26. The first-order chi connectivity index (χ1) is 12.6. The predicted octanol–water partition coefficient (Wildman–Crippen LogP) is 2.34. The molecule has 0 unspecified atom stereocenters. The van der Waals surface area contributed by atoms with Crippen LogP contribution in [0, 0.1) is 6.92 Å². The number of nitrogens with one attached hydrogen (secondary N) is 1. The number of carbonyl (C=O) groups is 1. The normalized spacial score (nSPS) is 28.0. The van der Waals surface area contributed by atoms with E-state index in [0.29, 0.717) is 18.2 Å². The summed E-state index contributed by atoms with van der Waals surface area (Å²) in [4.78, 5) is 26.4. The summed E-state index contributed by atoms with van der Waals surface area (Å²) in [5.41, 5.74) is 0.590. The number of carbonyl (C=O) groups excluding carboxylic acids is 1. The Hall–Kier alpha value is -2.41. The van der Waals surface area contributed by atoms with E-state index in [0.717, 1.165) is 31.4 Å². The van der Waals surface area contributed by atoms with Crippen LogP contribution in [0.4, 0.5) is 0 Å². The van der Waals surface area contributed by atoms with Gasteiger partial charge in [-0.1, -0.05) is 6.07 Å². The molecule has 4 rings (SSSR count). The van der Waals surface area contributed by atoms with Crippen LogP contribution in [0.1, 0.15) is 42.0 Å². The zero-order chi connectivity index (χ0) is 18.1. The minimum atomic E-state index is -0.290. The number of H-pyrrole nitrogens is 1. The minimum Gasteiger partial charge on any atom is -0.474 e. The summed E-state index contributed by atoms with van der Waals surface area (Å²) >= 11 is 0. The average molecular weight is 356 g/mol. The van der Waals surface area contributed by atoms with Gasteiger partial charge in [0.25, 0.3) is 5.91 Å². The number of nitrogens with zero attached hydrogens (tertiary/aromatic N) is 3. The lowest BCUT2D eigenvalue weighted by Crippen LogP contribution is -2.53. The van der Waals surface area contributed by atoms with E-state index in [-0.39, 0.29) is 23.7 Å². The smallest absolute Gasteiger partial charge is 0.289 e. The molecule has 1 amide bonds. The number of fused-ring (bicyclic) bond motifs is 1. The Labute approximate surface area is 152 Å². The number of hydrogen-bond acceptors (Lipinski definition) is 5. The standard InChI is InChI=1S/C19H24N4O3/c1-13-12-21-17(22-13)18(24)23-10-8-19(25-2)7-6-14(11-15(19)23)26-16-5-3-4-9-20-16/h3-5,9,12,14-15H,6-8,10-11H2,1-2H3,(H,21,22)/t14-,15+,19-/m1/s1. The topological polar surface area (TPSA) is 80.3 Å². The van der Waals surface area contributed by atoms with Gasteiger partial charge in [0.2, 0.25) is 5.88 Å². The van der Waals surface area contributed by atoms with Crippen LogP contribution in [0.15, 0.2) is 30.6 Å². The molecule has 3 atom stereocenters. The second-order valence-electron chi connectivity index (χ2n) is 7.13. The highest BCUT2D eigenvalue weighted by Gasteiger charge is 2.53. The van der Waals surface area contributed by atoms with Crippen molar-refractivity contribution in [3.05, 3.63) is 42.1 Å². The van der Waals surface area contributed by atoms with Crippen LogP contribution >= 0.6 is 0 Å². The molecule has 0 radical (unpaired) electrons. The van der Waals surface area contributed by atoms with Gasteiger partial charge in [0.05, 0.1) is 11.6 Å². The molecular formula is C19H24N4O3. The second-order valence-corrected chi connectivity index (χ2v) is 7.13. The van der Waals surface area contributed by atoms with Gasteiger partial charge in [-0.05, 0) is 32.3 Å². The van der Waals surface area contributed by atoms with E-state index < -0.39 is 0 Å². The van der Waals surface area contributed by atoms with Gasteiger partial charge in [-0.3, -0.25) is 4.79 Å². The second kappa shape index (κ2) is 6.72. The van der Waals surface area contributed by atoms with Crippen molar-refractivity contribution in [2.75, 3.05) is 13.7 Å². The van der Waals surface area contributed by atoms with E-state index in [1.807, 2.05) is 30.0 Å². The Balaban J connectivity index is 1.53. The molecule has 2 aliphatic rings. The fraction of sp³-hybridized carbons (Fsp3) is 0.526. The molecule has 1 saturated heterocycles. The van der Waals surface area contributed by atoms with Crippen LogP contribution in [0.25, 0.3) is 0 Å². The summed E-state index contributed by atoms with van der Waals surface area (Å²) in [6, 6.07) is 5.62. The van der Waals surface area contributed by atoms with E-state index >= 15 is 0 Å². The molecule has 26 heavy (non-hydrogen) atoms. The number of pyridine rings is 1. The molecule has 138 valence electrons. The quantitative estimate of drug-likeness (QED) is 0.909. The molecule has 0 bridgehead atoms. The van der Waals surface area contributed by atoms with Crippen LogP contribution in [-0.4, -0.2) is 57.2 Å². The van der Waals surface area contributed by atoms with E-state index in [4.69, 9.17) is 9.47 Å². The van der Waals surface area contributed by atoms with Crippen molar-refractivity contribution < 1.29 is 14.3 Å². The van der Waals surface area contributed by atoms with Crippen molar-refractivity contribution in [2.45, 2.75) is 50.4 Å². The van der Waals surface area contributed by atoms with Gasteiger partial charge in [-0.2, -0.15) is 0 Å². The third kappa shape index (κ3) is 2.96. The Bertz CT molecular complexity index is 778. The fourth-order valence-corrected chi connectivity index (χ4v) is 4.26. The lowest BCUT2D eigenvalue weighted by atomic mass is 9.79. The van der Waals surface area contributed by atoms with Gasteiger partial charge >= 0.3 is 0 Å². The predicted molar refractivity (Wildman–Crippen MR) is 95.0 cm³/mol. The summed E-state index contributed by atoms with van der Waals surface area (Å²) in [5.74, 6) is 0.947. The monoisotopic (exact) mass is 356 g/mol. The number of ether oxygens (including phenoxy) is 2. The highest BCUT2D eigenvalue weighted by molar-refractivity contribution is 5.91. The molecule has 1 N–H and O–H groups in total. The van der Waals surface area contributed by atoms with Crippen molar-refractivity contribution in [1.82, 2.24) is 19.9 Å². The van der Waals surface area contributed by atoms with Gasteiger partial charge in [0.1, 0.15) is 6.10 Å². The molecule has 7 nitrogen and oxygen atoms in total. The molecular weight excluding hydrogens is 332 g/mol. The van der Waals surface area contributed by atoms with E-state index in [1.54, 1.807) is 19.5 Å². The molecule has 2 fully saturated rings. The Kier molecular flexibility index (Phi) is 4.40. The van der Waals surface area contributed by atoms with Gasteiger partial charge in [0.15, 0.2) is 5.82 Å². The summed E-state index contributed by atoms with van der Waals surface area (Å²) in [5, 5.41) is 0. The van der Waals surface area contributed by atoms with Crippen molar-refractivity contribution in [3.8, 4) is 5.88 Å². The van der Waals surface area contributed by atoms with Crippen molar-refractivity contribution in [3.63, 3.8) is 0 Å².